The van der Waals surface area contributed by atoms with Crippen molar-refractivity contribution in [2.75, 3.05) is 0 Å². The highest BCUT2D eigenvalue weighted by molar-refractivity contribution is 5.76. The van der Waals surface area contributed by atoms with E-state index in [-0.39, 0.29) is 5.41 Å². The maximum Gasteiger partial charge on any atom is 0.331 e. The summed E-state index contributed by atoms with van der Waals surface area (Å²) in [6, 6.07) is 0. The van der Waals surface area contributed by atoms with Crippen molar-refractivity contribution in [3.63, 3.8) is 0 Å². The molecule has 0 aliphatic rings. The largest absolute Gasteiger partial charge is 0.479 e. The van der Waals surface area contributed by atoms with Crippen LogP contribution in [-0.2, 0) is 16.8 Å². The fraction of sp³-hybridized carbons (Fsp3) is 0.857. The molecule has 2 atom stereocenters. The van der Waals surface area contributed by atoms with E-state index >= 15 is 0 Å². The van der Waals surface area contributed by atoms with Gasteiger partial charge in [0, 0.05) is 6.42 Å². The standard InChI is InChI=1S/C14H26N4O2/c1-7-14(6,12(19)20)18-11(15-16-17-18)8-10(2)9-13(3,4)5/h10H,7-9H2,1-6H3,(H,19,20). The topological polar surface area (TPSA) is 80.9 Å². The number of carbonyl (C=O) groups is 1. The molecular formula is C14H26N4O2. The fourth-order valence-corrected chi connectivity index (χ4v) is 2.54. The zero-order valence-electron chi connectivity index (χ0n) is 13.3. The lowest BCUT2D eigenvalue weighted by Crippen LogP contribution is -2.40. The van der Waals surface area contributed by atoms with Crippen molar-refractivity contribution < 1.29 is 9.90 Å². The Morgan fingerprint density at radius 1 is 1.35 bits per heavy atom. The minimum Gasteiger partial charge on any atom is -0.479 e. The van der Waals surface area contributed by atoms with Crippen molar-refractivity contribution in [1.29, 1.82) is 0 Å². The number of nitrogens with zero attached hydrogens (tertiary/aromatic N) is 4. The van der Waals surface area contributed by atoms with Gasteiger partial charge in [-0.05, 0) is 41.5 Å². The summed E-state index contributed by atoms with van der Waals surface area (Å²) in [5.74, 6) is 0.139. The molecule has 1 heterocycles. The second-order valence-corrected chi connectivity index (χ2v) is 7.01. The van der Waals surface area contributed by atoms with Gasteiger partial charge in [-0.2, -0.15) is 0 Å². The molecule has 1 N–H and O–H groups in total. The van der Waals surface area contributed by atoms with Gasteiger partial charge in [0.05, 0.1) is 0 Å². The number of aromatic nitrogens is 4. The third kappa shape index (κ3) is 3.77. The monoisotopic (exact) mass is 282 g/mol. The van der Waals surface area contributed by atoms with Crippen LogP contribution in [0.4, 0.5) is 0 Å². The third-order valence-electron chi connectivity index (χ3n) is 3.64. The second kappa shape index (κ2) is 5.89. The van der Waals surface area contributed by atoms with Crippen LogP contribution in [0.3, 0.4) is 0 Å². The maximum atomic E-state index is 11.5. The van der Waals surface area contributed by atoms with Crippen LogP contribution in [0.2, 0.25) is 0 Å². The summed E-state index contributed by atoms with van der Waals surface area (Å²) in [6.45, 7) is 12.2. The minimum atomic E-state index is -1.08. The third-order valence-corrected chi connectivity index (χ3v) is 3.64. The molecule has 1 aromatic rings. The molecule has 0 saturated heterocycles. The predicted molar refractivity (Wildman–Crippen MR) is 76.3 cm³/mol. The minimum absolute atomic E-state index is 0.235. The van der Waals surface area contributed by atoms with Crippen LogP contribution in [0.15, 0.2) is 0 Å². The maximum absolute atomic E-state index is 11.5. The predicted octanol–water partition coefficient (Wildman–Crippen LogP) is 2.50. The average molecular weight is 282 g/mol. The molecule has 114 valence electrons. The molecule has 1 aromatic heterocycles. The SMILES string of the molecule is CCC(C)(C(=O)O)n1nnnc1CC(C)CC(C)(C)C. The van der Waals surface area contributed by atoms with E-state index in [0.29, 0.717) is 24.6 Å². The highest BCUT2D eigenvalue weighted by Gasteiger charge is 2.37. The van der Waals surface area contributed by atoms with Crippen molar-refractivity contribution in [2.45, 2.75) is 66.3 Å². The fourth-order valence-electron chi connectivity index (χ4n) is 2.54. The first-order valence-electron chi connectivity index (χ1n) is 7.11. The first-order chi connectivity index (χ1) is 9.10. The molecule has 0 aliphatic heterocycles. The number of tetrazole rings is 1. The molecule has 0 aliphatic carbocycles. The lowest BCUT2D eigenvalue weighted by Gasteiger charge is -2.26. The van der Waals surface area contributed by atoms with E-state index in [1.54, 1.807) is 6.92 Å². The van der Waals surface area contributed by atoms with Gasteiger partial charge in [-0.15, -0.1) is 5.10 Å². The van der Waals surface area contributed by atoms with E-state index in [9.17, 15) is 9.90 Å². The number of carboxylic acids is 1. The van der Waals surface area contributed by atoms with Gasteiger partial charge < -0.3 is 5.11 Å². The van der Waals surface area contributed by atoms with E-state index in [1.165, 1.54) is 4.68 Å². The van der Waals surface area contributed by atoms with Crippen LogP contribution in [0.5, 0.6) is 0 Å². The van der Waals surface area contributed by atoms with Gasteiger partial charge >= 0.3 is 5.97 Å². The molecular weight excluding hydrogens is 256 g/mol. The molecule has 0 bridgehead atoms. The summed E-state index contributed by atoms with van der Waals surface area (Å²) in [6.07, 6.45) is 2.16. The number of aliphatic carboxylic acids is 1. The van der Waals surface area contributed by atoms with E-state index < -0.39 is 11.5 Å². The summed E-state index contributed by atoms with van der Waals surface area (Å²) in [5, 5.41) is 21.0. The van der Waals surface area contributed by atoms with Crippen LogP contribution in [0.25, 0.3) is 0 Å². The summed E-state index contributed by atoms with van der Waals surface area (Å²) in [7, 11) is 0. The Hall–Kier alpha value is -1.46. The van der Waals surface area contributed by atoms with Crippen molar-refractivity contribution in [3.05, 3.63) is 5.82 Å². The van der Waals surface area contributed by atoms with E-state index in [0.717, 1.165) is 6.42 Å². The van der Waals surface area contributed by atoms with Gasteiger partial charge in [-0.1, -0.05) is 34.6 Å². The molecule has 0 radical (unpaired) electrons. The summed E-state index contributed by atoms with van der Waals surface area (Å²) in [4.78, 5) is 11.5. The van der Waals surface area contributed by atoms with Gasteiger partial charge in [0.15, 0.2) is 11.4 Å². The van der Waals surface area contributed by atoms with Crippen LogP contribution in [0, 0.1) is 11.3 Å². The van der Waals surface area contributed by atoms with E-state index in [4.69, 9.17) is 0 Å². The molecule has 0 amide bonds. The molecule has 6 nitrogen and oxygen atoms in total. The van der Waals surface area contributed by atoms with Gasteiger partial charge in [-0.3, -0.25) is 0 Å². The van der Waals surface area contributed by atoms with Crippen LogP contribution < -0.4 is 0 Å². The van der Waals surface area contributed by atoms with Crippen molar-refractivity contribution in [3.8, 4) is 0 Å². The highest BCUT2D eigenvalue weighted by atomic mass is 16.4. The van der Waals surface area contributed by atoms with Crippen LogP contribution in [-0.4, -0.2) is 31.3 Å². The Kier molecular flexibility index (Phi) is 4.89. The molecule has 0 saturated carbocycles. The lowest BCUT2D eigenvalue weighted by atomic mass is 9.84. The van der Waals surface area contributed by atoms with Crippen LogP contribution >= 0.6 is 0 Å². The molecule has 20 heavy (non-hydrogen) atoms. The van der Waals surface area contributed by atoms with E-state index in [2.05, 4.69) is 43.2 Å². The van der Waals surface area contributed by atoms with Crippen LogP contribution in [0.1, 0.15) is 60.2 Å². The average Bonchev–Trinajstić information content (AvgIpc) is 2.73. The smallest absolute Gasteiger partial charge is 0.331 e. The first-order valence-corrected chi connectivity index (χ1v) is 7.11. The zero-order chi connectivity index (χ0) is 15.6. The molecule has 0 fully saturated rings. The Balaban J connectivity index is 2.95. The number of hydrogen-bond acceptors (Lipinski definition) is 4. The summed E-state index contributed by atoms with van der Waals surface area (Å²) < 4.78 is 1.47. The Morgan fingerprint density at radius 2 is 1.95 bits per heavy atom. The van der Waals surface area contributed by atoms with Crippen molar-refractivity contribution >= 4 is 5.97 Å². The van der Waals surface area contributed by atoms with Gasteiger partial charge in [-0.25, -0.2) is 9.48 Å². The lowest BCUT2D eigenvalue weighted by molar-refractivity contribution is -0.147. The Labute approximate surface area is 120 Å². The van der Waals surface area contributed by atoms with Crippen molar-refractivity contribution in [1.82, 2.24) is 20.2 Å². The Morgan fingerprint density at radius 3 is 2.40 bits per heavy atom. The number of carboxylic acid groups (broad SMARTS) is 1. The molecule has 6 heteroatoms. The Bertz CT molecular complexity index is 464. The first kappa shape index (κ1) is 16.6. The number of rotatable bonds is 6. The van der Waals surface area contributed by atoms with E-state index in [1.807, 2.05) is 6.92 Å². The van der Waals surface area contributed by atoms with Crippen molar-refractivity contribution in [2.24, 2.45) is 11.3 Å². The van der Waals surface area contributed by atoms with Gasteiger partial charge in [0.25, 0.3) is 0 Å². The molecule has 1 rings (SSSR count). The molecule has 2 unspecified atom stereocenters. The second-order valence-electron chi connectivity index (χ2n) is 7.01. The normalized spacial score (nSPS) is 16.7. The quantitative estimate of drug-likeness (QED) is 0.867. The summed E-state index contributed by atoms with van der Waals surface area (Å²) >= 11 is 0. The molecule has 0 spiro atoms. The molecule has 0 aromatic carbocycles. The zero-order valence-corrected chi connectivity index (χ0v) is 13.3. The van der Waals surface area contributed by atoms with Gasteiger partial charge in [0.2, 0.25) is 0 Å². The van der Waals surface area contributed by atoms with Gasteiger partial charge in [0.1, 0.15) is 0 Å². The summed E-state index contributed by atoms with van der Waals surface area (Å²) in [5.41, 5.74) is -0.848. The number of hydrogen-bond donors (Lipinski definition) is 1. The highest BCUT2D eigenvalue weighted by Crippen LogP contribution is 2.27.